The summed E-state index contributed by atoms with van der Waals surface area (Å²) >= 11 is 11.9. The van der Waals surface area contributed by atoms with E-state index in [1.165, 1.54) is 38.4 Å². The van der Waals surface area contributed by atoms with E-state index in [9.17, 15) is 18.0 Å². The molecule has 0 spiro atoms. The number of hydrogen-bond acceptors (Lipinski definition) is 4. The number of amides is 1. The SMILES string of the molecule is CO/N=C(\c1ncc(Cl)cc1Cl)C(C)NC(=O)c1ccccc1C(F)(F)F. The first-order chi connectivity index (χ1) is 12.6. The molecule has 1 N–H and O–H groups in total. The number of carbonyl (C=O) groups excluding carboxylic acids is 1. The van der Waals surface area contributed by atoms with E-state index in [1.54, 1.807) is 0 Å². The fourth-order valence-corrected chi connectivity index (χ4v) is 2.78. The van der Waals surface area contributed by atoms with Gasteiger partial charge in [-0.05, 0) is 25.1 Å². The molecule has 0 aliphatic heterocycles. The van der Waals surface area contributed by atoms with Crippen LogP contribution >= 0.6 is 23.2 Å². The van der Waals surface area contributed by atoms with Gasteiger partial charge in [0.25, 0.3) is 5.91 Å². The van der Waals surface area contributed by atoms with Gasteiger partial charge in [0, 0.05) is 6.20 Å². The van der Waals surface area contributed by atoms with E-state index in [0.29, 0.717) is 0 Å². The molecule has 10 heteroatoms. The van der Waals surface area contributed by atoms with Crippen molar-refractivity contribution in [3.05, 3.63) is 63.4 Å². The van der Waals surface area contributed by atoms with Crippen LogP contribution in [0.4, 0.5) is 13.2 Å². The number of carbonyl (C=O) groups is 1. The van der Waals surface area contributed by atoms with Crippen molar-refractivity contribution in [2.45, 2.75) is 19.1 Å². The second-order valence-corrected chi connectivity index (χ2v) is 6.23. The lowest BCUT2D eigenvalue weighted by molar-refractivity contribution is -0.137. The number of hydrogen-bond donors (Lipinski definition) is 1. The van der Waals surface area contributed by atoms with Crippen LogP contribution in [0.1, 0.15) is 28.5 Å². The number of rotatable bonds is 5. The number of halogens is 5. The predicted molar refractivity (Wildman–Crippen MR) is 96.2 cm³/mol. The third-order valence-corrected chi connectivity index (χ3v) is 3.97. The molecule has 27 heavy (non-hydrogen) atoms. The minimum absolute atomic E-state index is 0.122. The molecule has 1 atom stereocenters. The van der Waals surface area contributed by atoms with Crippen molar-refractivity contribution in [2.75, 3.05) is 7.11 Å². The monoisotopic (exact) mass is 419 g/mol. The Kier molecular flexibility index (Phi) is 6.67. The van der Waals surface area contributed by atoms with Gasteiger partial charge in [-0.2, -0.15) is 13.2 Å². The Balaban J connectivity index is 2.33. The summed E-state index contributed by atoms with van der Waals surface area (Å²) in [5.41, 5.74) is -1.25. The summed E-state index contributed by atoms with van der Waals surface area (Å²) < 4.78 is 39.4. The van der Waals surface area contributed by atoms with Gasteiger partial charge in [-0.3, -0.25) is 9.78 Å². The minimum atomic E-state index is -4.67. The molecule has 1 aromatic heterocycles. The quantitative estimate of drug-likeness (QED) is 0.569. The first kappa shape index (κ1) is 21.0. The van der Waals surface area contributed by atoms with Gasteiger partial charge < -0.3 is 10.2 Å². The van der Waals surface area contributed by atoms with Crippen LogP contribution in [0.5, 0.6) is 0 Å². The lowest BCUT2D eigenvalue weighted by atomic mass is 10.0. The standard InChI is InChI=1S/C17H14Cl2F3N3O2/c1-9(14(25-27-2)15-13(19)7-10(18)8-23-15)24-16(26)11-5-3-4-6-12(11)17(20,21)22/h3-9H,1-2H3,(H,24,26)/b25-14-. The van der Waals surface area contributed by atoms with Crippen molar-refractivity contribution in [1.29, 1.82) is 0 Å². The van der Waals surface area contributed by atoms with Gasteiger partial charge >= 0.3 is 6.18 Å². The van der Waals surface area contributed by atoms with Gasteiger partial charge in [0.05, 0.1) is 27.2 Å². The van der Waals surface area contributed by atoms with Crippen LogP contribution in [0.15, 0.2) is 41.7 Å². The Hall–Kier alpha value is -2.32. The molecule has 5 nitrogen and oxygen atoms in total. The zero-order valence-corrected chi connectivity index (χ0v) is 15.7. The summed E-state index contributed by atoms with van der Waals surface area (Å²) in [6.45, 7) is 1.51. The smallest absolute Gasteiger partial charge is 0.399 e. The van der Waals surface area contributed by atoms with E-state index in [1.807, 2.05) is 0 Å². The van der Waals surface area contributed by atoms with E-state index >= 15 is 0 Å². The molecule has 0 saturated heterocycles. The molecule has 0 bridgehead atoms. The summed E-state index contributed by atoms with van der Waals surface area (Å²) in [4.78, 5) is 21.2. The van der Waals surface area contributed by atoms with Gasteiger partial charge in [-0.1, -0.05) is 40.5 Å². The van der Waals surface area contributed by atoms with Gasteiger partial charge in [0.1, 0.15) is 18.5 Å². The fraction of sp³-hybridized carbons (Fsp3) is 0.235. The number of pyridine rings is 1. The van der Waals surface area contributed by atoms with E-state index in [0.717, 1.165) is 12.1 Å². The van der Waals surface area contributed by atoms with Crippen molar-refractivity contribution in [1.82, 2.24) is 10.3 Å². The van der Waals surface area contributed by atoms with E-state index < -0.39 is 29.3 Å². The molecule has 1 amide bonds. The molecule has 0 fully saturated rings. The van der Waals surface area contributed by atoms with Crippen LogP contribution in [-0.2, 0) is 11.0 Å². The third kappa shape index (κ3) is 5.11. The van der Waals surface area contributed by atoms with Crippen molar-refractivity contribution in [2.24, 2.45) is 5.16 Å². The Labute approximate surface area is 163 Å². The minimum Gasteiger partial charge on any atom is -0.399 e. The summed E-state index contributed by atoms with van der Waals surface area (Å²) in [5.74, 6) is -0.927. The Morgan fingerprint density at radius 3 is 2.56 bits per heavy atom. The second kappa shape index (κ2) is 8.58. The summed E-state index contributed by atoms with van der Waals surface area (Å²) in [5, 5.41) is 6.68. The summed E-state index contributed by atoms with van der Waals surface area (Å²) in [6, 6.07) is 5.04. The van der Waals surface area contributed by atoms with Gasteiger partial charge in [-0.15, -0.1) is 0 Å². The van der Waals surface area contributed by atoms with Crippen LogP contribution in [0, 0.1) is 0 Å². The van der Waals surface area contributed by atoms with Crippen LogP contribution in [0.2, 0.25) is 10.0 Å². The number of aromatic nitrogens is 1. The Morgan fingerprint density at radius 1 is 1.30 bits per heavy atom. The Morgan fingerprint density at radius 2 is 1.96 bits per heavy atom. The molecular weight excluding hydrogens is 406 g/mol. The number of benzene rings is 1. The molecular formula is C17H14Cl2F3N3O2. The van der Waals surface area contributed by atoms with Gasteiger partial charge in [0.2, 0.25) is 0 Å². The molecule has 2 aromatic rings. The van der Waals surface area contributed by atoms with Crippen molar-refractivity contribution in [3.8, 4) is 0 Å². The predicted octanol–water partition coefficient (Wildman–Crippen LogP) is 4.58. The summed E-state index contributed by atoms with van der Waals surface area (Å²) in [6.07, 6.45) is -3.34. The highest BCUT2D eigenvalue weighted by molar-refractivity contribution is 6.36. The zero-order valence-electron chi connectivity index (χ0n) is 14.1. The van der Waals surface area contributed by atoms with Gasteiger partial charge in [0.15, 0.2) is 0 Å². The van der Waals surface area contributed by atoms with Crippen molar-refractivity contribution in [3.63, 3.8) is 0 Å². The molecule has 0 aliphatic carbocycles. The van der Waals surface area contributed by atoms with Crippen LogP contribution in [-0.4, -0.2) is 29.8 Å². The maximum absolute atomic E-state index is 13.1. The molecule has 2 rings (SSSR count). The first-order valence-corrected chi connectivity index (χ1v) is 8.30. The molecule has 1 heterocycles. The second-order valence-electron chi connectivity index (χ2n) is 5.38. The number of nitrogens with one attached hydrogen (secondary N) is 1. The number of oxime groups is 1. The van der Waals surface area contributed by atoms with Crippen LogP contribution in [0.3, 0.4) is 0 Å². The third-order valence-electron chi connectivity index (χ3n) is 3.47. The number of alkyl halides is 3. The average molecular weight is 420 g/mol. The molecule has 1 aromatic carbocycles. The zero-order chi connectivity index (χ0) is 20.2. The molecule has 0 aliphatic rings. The van der Waals surface area contributed by atoms with E-state index in [2.05, 4.69) is 15.5 Å². The summed E-state index contributed by atoms with van der Waals surface area (Å²) in [7, 11) is 1.28. The van der Waals surface area contributed by atoms with Crippen LogP contribution in [0.25, 0.3) is 0 Å². The highest BCUT2D eigenvalue weighted by atomic mass is 35.5. The maximum Gasteiger partial charge on any atom is 0.417 e. The lowest BCUT2D eigenvalue weighted by Gasteiger charge is -2.18. The van der Waals surface area contributed by atoms with E-state index in [4.69, 9.17) is 28.0 Å². The first-order valence-electron chi connectivity index (χ1n) is 7.54. The van der Waals surface area contributed by atoms with Crippen molar-refractivity contribution >= 4 is 34.8 Å². The fourth-order valence-electron chi connectivity index (χ4n) is 2.30. The lowest BCUT2D eigenvalue weighted by Crippen LogP contribution is -2.40. The van der Waals surface area contributed by atoms with E-state index in [-0.39, 0.29) is 21.5 Å². The largest absolute Gasteiger partial charge is 0.417 e. The van der Waals surface area contributed by atoms with Crippen LogP contribution < -0.4 is 5.32 Å². The van der Waals surface area contributed by atoms with Gasteiger partial charge in [-0.25, -0.2) is 0 Å². The highest BCUT2D eigenvalue weighted by Gasteiger charge is 2.35. The Bertz CT molecular complexity index is 873. The van der Waals surface area contributed by atoms with Crippen molar-refractivity contribution < 1.29 is 22.8 Å². The molecule has 1 unspecified atom stereocenters. The molecule has 0 radical (unpaired) electrons. The number of nitrogens with zero attached hydrogens (tertiary/aromatic N) is 2. The maximum atomic E-state index is 13.1. The molecule has 144 valence electrons. The molecule has 0 saturated carbocycles. The normalized spacial score (nSPS) is 13.2. The average Bonchev–Trinajstić information content (AvgIpc) is 2.59. The topological polar surface area (TPSA) is 63.6 Å². The highest BCUT2D eigenvalue weighted by Crippen LogP contribution is 2.31.